The van der Waals surface area contributed by atoms with E-state index in [1.165, 1.54) is 56.1 Å². The monoisotopic (exact) mass is 396 g/mol. The van der Waals surface area contributed by atoms with Crippen LogP contribution in [-0.2, 0) is 0 Å². The molecule has 0 bridgehead atoms. The van der Waals surface area contributed by atoms with Crippen LogP contribution in [0.25, 0.3) is 0 Å². The van der Waals surface area contributed by atoms with Gasteiger partial charge < -0.3 is 5.11 Å². The zero-order valence-electron chi connectivity index (χ0n) is 19.6. The first-order chi connectivity index (χ1) is 13.7. The SMILES string of the molecule is C=C(C)[C@@H](C)CC[C@@H](C)[C@H]1CC[C@H]2C3=CC=C4CC(O)CC[C@]4(C)[C@H]3CC[C@]12C. The quantitative estimate of drug-likeness (QED) is 0.478. The van der Waals surface area contributed by atoms with Gasteiger partial charge in [0.2, 0.25) is 0 Å². The van der Waals surface area contributed by atoms with Crippen LogP contribution in [0.5, 0.6) is 0 Å². The molecule has 0 radical (unpaired) electrons. The van der Waals surface area contributed by atoms with Crippen molar-refractivity contribution in [3.63, 3.8) is 0 Å². The van der Waals surface area contributed by atoms with Crippen LogP contribution in [0.3, 0.4) is 0 Å². The maximum Gasteiger partial charge on any atom is 0.0578 e. The van der Waals surface area contributed by atoms with Gasteiger partial charge in [0, 0.05) is 0 Å². The second-order valence-electron chi connectivity index (χ2n) is 11.8. The summed E-state index contributed by atoms with van der Waals surface area (Å²) in [4.78, 5) is 0. The van der Waals surface area contributed by atoms with Crippen molar-refractivity contribution in [3.8, 4) is 0 Å². The van der Waals surface area contributed by atoms with E-state index in [1.54, 1.807) is 5.57 Å². The highest BCUT2D eigenvalue weighted by Gasteiger charge is 2.56. The highest BCUT2D eigenvalue weighted by Crippen LogP contribution is 2.66. The fourth-order valence-corrected chi connectivity index (χ4v) is 7.92. The lowest BCUT2D eigenvalue weighted by Crippen LogP contribution is -2.46. The van der Waals surface area contributed by atoms with E-state index in [2.05, 4.69) is 53.3 Å². The van der Waals surface area contributed by atoms with Crippen molar-refractivity contribution in [2.75, 3.05) is 0 Å². The lowest BCUT2D eigenvalue weighted by atomic mass is 9.50. The molecule has 0 aromatic rings. The molecule has 4 aliphatic rings. The number of allylic oxidation sites excluding steroid dienone is 4. The minimum atomic E-state index is -0.114. The number of fused-ring (bicyclic) bond motifs is 5. The Morgan fingerprint density at radius 1 is 1.07 bits per heavy atom. The minimum Gasteiger partial charge on any atom is -0.393 e. The van der Waals surface area contributed by atoms with E-state index >= 15 is 0 Å². The number of hydrogen-bond acceptors (Lipinski definition) is 1. The summed E-state index contributed by atoms with van der Waals surface area (Å²) in [6, 6.07) is 0. The molecule has 0 amide bonds. The average molecular weight is 397 g/mol. The van der Waals surface area contributed by atoms with E-state index in [1.807, 2.05) is 0 Å². The highest BCUT2D eigenvalue weighted by molar-refractivity contribution is 5.38. The van der Waals surface area contributed by atoms with Gasteiger partial charge in [-0.15, -0.1) is 0 Å². The van der Waals surface area contributed by atoms with Crippen molar-refractivity contribution in [2.24, 2.45) is 40.4 Å². The minimum absolute atomic E-state index is 0.114. The summed E-state index contributed by atoms with van der Waals surface area (Å²) in [5.74, 6) is 3.86. The van der Waals surface area contributed by atoms with E-state index in [9.17, 15) is 5.11 Å². The zero-order valence-corrected chi connectivity index (χ0v) is 19.6. The van der Waals surface area contributed by atoms with Crippen molar-refractivity contribution in [2.45, 2.75) is 98.5 Å². The Morgan fingerprint density at radius 2 is 1.83 bits per heavy atom. The van der Waals surface area contributed by atoms with Gasteiger partial charge in [-0.1, -0.05) is 63.1 Å². The van der Waals surface area contributed by atoms with Crippen LogP contribution in [0.15, 0.2) is 35.5 Å². The number of hydrogen-bond donors (Lipinski definition) is 1. The van der Waals surface area contributed by atoms with Gasteiger partial charge in [0.05, 0.1) is 6.10 Å². The third kappa shape index (κ3) is 3.50. The molecule has 0 aromatic heterocycles. The van der Waals surface area contributed by atoms with Gasteiger partial charge in [-0.2, -0.15) is 0 Å². The molecule has 0 heterocycles. The predicted octanol–water partition coefficient (Wildman–Crippen LogP) is 7.47. The van der Waals surface area contributed by atoms with Crippen LogP contribution < -0.4 is 0 Å². The van der Waals surface area contributed by atoms with E-state index in [0.717, 1.165) is 36.5 Å². The van der Waals surface area contributed by atoms with Crippen LogP contribution in [0.2, 0.25) is 0 Å². The maximum absolute atomic E-state index is 10.2. The maximum atomic E-state index is 10.2. The molecule has 3 saturated carbocycles. The van der Waals surface area contributed by atoms with Gasteiger partial charge in [0.15, 0.2) is 0 Å². The third-order valence-electron chi connectivity index (χ3n) is 10.2. The standard InChI is InChI=1S/C28H44O/c1-18(2)19(3)7-8-20(4)24-11-12-25-23-10-9-21-17-22(29)13-15-27(21,5)26(23)14-16-28(24,25)6/h9-10,19-20,22,24-26,29H,1,7-8,11-17H2,2-6H3/t19-,20+,22?,24+,25-,26-,27-,28+/m0/s1. The Hall–Kier alpha value is -0.820. The van der Waals surface area contributed by atoms with Gasteiger partial charge >= 0.3 is 0 Å². The lowest BCUT2D eigenvalue weighted by molar-refractivity contribution is 0.0321. The highest BCUT2D eigenvalue weighted by atomic mass is 16.3. The van der Waals surface area contributed by atoms with Gasteiger partial charge in [-0.3, -0.25) is 0 Å². The predicted molar refractivity (Wildman–Crippen MR) is 124 cm³/mol. The number of aliphatic hydroxyl groups is 1. The molecule has 1 heteroatoms. The Kier molecular flexibility index (Phi) is 5.69. The summed E-state index contributed by atoms with van der Waals surface area (Å²) >= 11 is 0. The Morgan fingerprint density at radius 3 is 2.55 bits per heavy atom. The van der Waals surface area contributed by atoms with Gasteiger partial charge in [-0.25, -0.2) is 0 Å². The fourth-order valence-electron chi connectivity index (χ4n) is 7.92. The van der Waals surface area contributed by atoms with Crippen LogP contribution in [0.4, 0.5) is 0 Å². The number of aliphatic hydroxyl groups excluding tert-OH is 1. The van der Waals surface area contributed by atoms with E-state index in [4.69, 9.17) is 0 Å². The molecule has 0 spiro atoms. The second kappa shape index (κ2) is 7.70. The lowest BCUT2D eigenvalue weighted by Gasteiger charge is -2.55. The summed E-state index contributed by atoms with van der Waals surface area (Å²) in [6.45, 7) is 16.4. The Balaban J connectivity index is 1.53. The molecule has 162 valence electrons. The zero-order chi connectivity index (χ0) is 21.0. The first kappa shape index (κ1) is 21.4. The smallest absolute Gasteiger partial charge is 0.0578 e. The fraction of sp³-hybridized carbons (Fsp3) is 0.786. The molecular formula is C28H44O. The van der Waals surface area contributed by atoms with E-state index in [-0.39, 0.29) is 6.10 Å². The summed E-state index contributed by atoms with van der Waals surface area (Å²) in [7, 11) is 0. The van der Waals surface area contributed by atoms with E-state index < -0.39 is 0 Å². The van der Waals surface area contributed by atoms with Crippen LogP contribution >= 0.6 is 0 Å². The van der Waals surface area contributed by atoms with Crippen LogP contribution in [-0.4, -0.2) is 11.2 Å². The van der Waals surface area contributed by atoms with Crippen molar-refractivity contribution in [1.82, 2.24) is 0 Å². The normalized spacial score (nSPS) is 43.4. The van der Waals surface area contributed by atoms with Gasteiger partial charge in [-0.05, 0) is 105 Å². The summed E-state index contributed by atoms with van der Waals surface area (Å²) in [5, 5.41) is 10.2. The third-order valence-corrected chi connectivity index (χ3v) is 10.2. The molecule has 0 aromatic carbocycles. The van der Waals surface area contributed by atoms with Crippen molar-refractivity contribution in [1.29, 1.82) is 0 Å². The average Bonchev–Trinajstić information content (AvgIpc) is 3.03. The molecule has 29 heavy (non-hydrogen) atoms. The summed E-state index contributed by atoms with van der Waals surface area (Å²) < 4.78 is 0. The van der Waals surface area contributed by atoms with E-state index in [0.29, 0.717) is 16.7 Å². The largest absolute Gasteiger partial charge is 0.393 e. The van der Waals surface area contributed by atoms with Crippen LogP contribution in [0.1, 0.15) is 92.4 Å². The molecule has 1 N–H and O–H groups in total. The second-order valence-corrected chi connectivity index (χ2v) is 11.8. The molecule has 3 fully saturated rings. The molecule has 0 saturated heterocycles. The number of rotatable bonds is 5. The topological polar surface area (TPSA) is 20.2 Å². The molecule has 4 aliphatic carbocycles. The van der Waals surface area contributed by atoms with Crippen molar-refractivity contribution in [3.05, 3.63) is 35.5 Å². The molecule has 1 nitrogen and oxygen atoms in total. The van der Waals surface area contributed by atoms with Gasteiger partial charge in [0.25, 0.3) is 0 Å². The van der Waals surface area contributed by atoms with Crippen molar-refractivity contribution < 1.29 is 5.11 Å². The summed E-state index contributed by atoms with van der Waals surface area (Å²) in [6.07, 6.45) is 16.1. The molecule has 1 unspecified atom stereocenters. The first-order valence-electron chi connectivity index (χ1n) is 12.4. The first-order valence-corrected chi connectivity index (χ1v) is 12.4. The summed E-state index contributed by atoms with van der Waals surface area (Å²) in [5.41, 5.74) is 5.46. The molecule has 4 rings (SSSR count). The molecule has 0 aliphatic heterocycles. The molecular weight excluding hydrogens is 352 g/mol. The van der Waals surface area contributed by atoms with Crippen LogP contribution in [0, 0.1) is 40.4 Å². The van der Waals surface area contributed by atoms with Gasteiger partial charge in [0.1, 0.15) is 0 Å². The van der Waals surface area contributed by atoms with Crippen molar-refractivity contribution >= 4 is 0 Å². The molecule has 8 atom stereocenters. The Bertz CT molecular complexity index is 714. The Labute approximate surface area is 179 Å².